The molecule has 0 aliphatic rings. The molecule has 1 N–H and O–H groups in total. The summed E-state index contributed by atoms with van der Waals surface area (Å²) in [5, 5.41) is 9.76. The van der Waals surface area contributed by atoms with Crippen LogP contribution in [-0.4, -0.2) is 20.1 Å². The van der Waals surface area contributed by atoms with Crippen LogP contribution in [-0.2, 0) is 9.84 Å². The number of allylic oxidation sites excluding steroid dienone is 2. The Balaban J connectivity index is 3.01. The second kappa shape index (κ2) is 5.63. The third kappa shape index (κ3) is 3.64. The number of hydrogen-bond acceptors (Lipinski definition) is 3. The second-order valence-electron chi connectivity index (χ2n) is 3.30. The van der Waals surface area contributed by atoms with Gasteiger partial charge in [-0.15, -0.1) is 0 Å². The Morgan fingerprint density at radius 3 is 2.50 bits per heavy atom. The summed E-state index contributed by atoms with van der Waals surface area (Å²) in [7, 11) is -3.38. The van der Waals surface area contributed by atoms with Crippen LogP contribution >= 0.6 is 0 Å². The molecule has 0 fully saturated rings. The van der Waals surface area contributed by atoms with Gasteiger partial charge < -0.3 is 5.11 Å². The molecule has 16 heavy (non-hydrogen) atoms. The number of aliphatic hydroxyl groups excluding tert-OH is 1. The zero-order valence-electron chi connectivity index (χ0n) is 9.00. The minimum Gasteiger partial charge on any atom is -0.392 e. The summed E-state index contributed by atoms with van der Waals surface area (Å²) < 4.78 is 23.7. The molecule has 0 aromatic heterocycles. The first-order valence-electron chi connectivity index (χ1n) is 4.82. The quantitative estimate of drug-likeness (QED) is 0.815. The van der Waals surface area contributed by atoms with Crippen LogP contribution in [0.1, 0.15) is 6.92 Å². The Morgan fingerprint density at radius 1 is 1.31 bits per heavy atom. The Kier molecular flexibility index (Phi) is 4.46. The molecule has 0 heterocycles. The highest BCUT2D eigenvalue weighted by Crippen LogP contribution is 2.13. The highest BCUT2D eigenvalue weighted by molar-refractivity contribution is 7.94. The number of benzene rings is 1. The lowest BCUT2D eigenvalue weighted by atomic mass is 10.3. The van der Waals surface area contributed by atoms with E-state index in [1.165, 1.54) is 11.5 Å². The lowest BCUT2D eigenvalue weighted by Gasteiger charge is -1.99. The number of aliphatic hydroxyl groups is 1. The third-order valence-corrected chi connectivity index (χ3v) is 3.51. The van der Waals surface area contributed by atoms with Gasteiger partial charge in [-0.05, 0) is 24.6 Å². The standard InChI is InChI=1S/C12H14O3S/c1-11(6-5-9-13)10-16(14,15)12-7-3-2-4-8-12/h2-8,10,13H,9H2,1H3/b6-5+,11-10+. The van der Waals surface area contributed by atoms with Crippen molar-refractivity contribution in [1.29, 1.82) is 0 Å². The lowest BCUT2D eigenvalue weighted by molar-refractivity contribution is 0.342. The third-order valence-electron chi connectivity index (χ3n) is 1.90. The molecular weight excluding hydrogens is 224 g/mol. The molecule has 0 atom stereocenters. The maximum absolute atomic E-state index is 11.8. The van der Waals surface area contributed by atoms with Gasteiger partial charge in [-0.2, -0.15) is 0 Å². The van der Waals surface area contributed by atoms with E-state index in [9.17, 15) is 8.42 Å². The first-order chi connectivity index (χ1) is 7.56. The van der Waals surface area contributed by atoms with Gasteiger partial charge in [0.05, 0.1) is 11.5 Å². The predicted octanol–water partition coefficient (Wildman–Crippen LogP) is 1.91. The maximum atomic E-state index is 11.8. The van der Waals surface area contributed by atoms with E-state index >= 15 is 0 Å². The van der Waals surface area contributed by atoms with Crippen LogP contribution in [0, 0.1) is 0 Å². The van der Waals surface area contributed by atoms with Crippen LogP contribution in [0.3, 0.4) is 0 Å². The Hall–Kier alpha value is -1.39. The van der Waals surface area contributed by atoms with Crippen molar-refractivity contribution in [2.24, 2.45) is 0 Å². The molecule has 0 spiro atoms. The fourth-order valence-electron chi connectivity index (χ4n) is 1.20. The van der Waals surface area contributed by atoms with E-state index in [2.05, 4.69) is 0 Å². The summed E-state index contributed by atoms with van der Waals surface area (Å²) >= 11 is 0. The number of hydrogen-bond donors (Lipinski definition) is 1. The lowest BCUT2D eigenvalue weighted by Crippen LogP contribution is -1.96. The average Bonchev–Trinajstić information content (AvgIpc) is 2.27. The zero-order valence-corrected chi connectivity index (χ0v) is 9.81. The van der Waals surface area contributed by atoms with Crippen LogP contribution in [0.2, 0.25) is 0 Å². The van der Waals surface area contributed by atoms with Gasteiger partial charge in [0, 0.05) is 5.41 Å². The molecule has 86 valence electrons. The van der Waals surface area contributed by atoms with Crippen LogP contribution < -0.4 is 0 Å². The minimum absolute atomic E-state index is 0.101. The van der Waals surface area contributed by atoms with Crippen molar-refractivity contribution in [2.75, 3.05) is 6.61 Å². The topological polar surface area (TPSA) is 54.4 Å². The minimum atomic E-state index is -3.38. The second-order valence-corrected chi connectivity index (χ2v) is 5.10. The molecule has 0 unspecified atom stereocenters. The van der Waals surface area contributed by atoms with Gasteiger partial charge in [0.15, 0.2) is 9.84 Å². The summed E-state index contributed by atoms with van der Waals surface area (Å²) in [6.07, 6.45) is 3.06. The molecule has 0 amide bonds. The molecule has 1 rings (SSSR count). The molecule has 4 heteroatoms. The molecule has 3 nitrogen and oxygen atoms in total. The molecule has 0 aliphatic carbocycles. The Morgan fingerprint density at radius 2 is 1.94 bits per heavy atom. The van der Waals surface area contributed by atoms with Crippen molar-refractivity contribution in [1.82, 2.24) is 0 Å². The highest BCUT2D eigenvalue weighted by Gasteiger charge is 2.09. The van der Waals surface area contributed by atoms with Gasteiger partial charge >= 0.3 is 0 Å². The van der Waals surface area contributed by atoms with E-state index in [1.807, 2.05) is 0 Å². The van der Waals surface area contributed by atoms with Gasteiger partial charge in [0.2, 0.25) is 0 Å². The highest BCUT2D eigenvalue weighted by atomic mass is 32.2. The predicted molar refractivity (Wildman–Crippen MR) is 63.6 cm³/mol. The van der Waals surface area contributed by atoms with Crippen LogP contribution in [0.4, 0.5) is 0 Å². The normalized spacial score (nSPS) is 13.2. The summed E-state index contributed by atoms with van der Waals surface area (Å²) in [4.78, 5) is 0.270. The van der Waals surface area contributed by atoms with E-state index in [1.54, 1.807) is 43.3 Å². The molecule has 1 aromatic carbocycles. The van der Waals surface area contributed by atoms with Gasteiger partial charge in [0.25, 0.3) is 0 Å². The first kappa shape index (κ1) is 12.7. The van der Waals surface area contributed by atoms with Crippen molar-refractivity contribution >= 4 is 9.84 Å². The SMILES string of the molecule is CC(/C=C/CO)=C\S(=O)(=O)c1ccccc1. The van der Waals surface area contributed by atoms with Crippen molar-refractivity contribution in [3.63, 3.8) is 0 Å². The average molecular weight is 238 g/mol. The van der Waals surface area contributed by atoms with Crippen LogP contribution in [0.5, 0.6) is 0 Å². The van der Waals surface area contributed by atoms with Crippen molar-refractivity contribution < 1.29 is 13.5 Å². The monoisotopic (exact) mass is 238 g/mol. The molecule has 0 aliphatic heterocycles. The summed E-state index contributed by atoms with van der Waals surface area (Å²) in [5.74, 6) is 0. The van der Waals surface area contributed by atoms with Crippen LogP contribution in [0.25, 0.3) is 0 Å². The van der Waals surface area contributed by atoms with E-state index in [-0.39, 0.29) is 11.5 Å². The van der Waals surface area contributed by atoms with E-state index in [0.717, 1.165) is 0 Å². The Bertz CT molecular complexity index is 484. The fourth-order valence-corrected chi connectivity index (χ4v) is 2.44. The van der Waals surface area contributed by atoms with Crippen molar-refractivity contribution in [3.05, 3.63) is 53.5 Å². The fraction of sp³-hybridized carbons (Fsp3) is 0.167. The van der Waals surface area contributed by atoms with Gasteiger partial charge in [0.1, 0.15) is 0 Å². The first-order valence-corrected chi connectivity index (χ1v) is 6.37. The maximum Gasteiger partial charge on any atom is 0.200 e. The van der Waals surface area contributed by atoms with Crippen LogP contribution in [0.15, 0.2) is 58.4 Å². The van der Waals surface area contributed by atoms with Gasteiger partial charge in [-0.3, -0.25) is 0 Å². The summed E-state index contributed by atoms with van der Waals surface area (Å²) in [6, 6.07) is 8.23. The molecule has 1 aromatic rings. The molecule has 0 saturated carbocycles. The number of sulfone groups is 1. The van der Waals surface area contributed by atoms with Crippen molar-refractivity contribution in [3.8, 4) is 0 Å². The van der Waals surface area contributed by atoms with Crippen molar-refractivity contribution in [2.45, 2.75) is 11.8 Å². The Labute approximate surface area is 95.7 Å². The number of rotatable bonds is 4. The van der Waals surface area contributed by atoms with E-state index in [0.29, 0.717) is 5.57 Å². The van der Waals surface area contributed by atoms with E-state index in [4.69, 9.17) is 5.11 Å². The summed E-state index contributed by atoms with van der Waals surface area (Å²) in [6.45, 7) is 1.57. The van der Waals surface area contributed by atoms with Gasteiger partial charge in [-0.1, -0.05) is 30.4 Å². The molecule has 0 bridgehead atoms. The molecule has 0 saturated heterocycles. The largest absolute Gasteiger partial charge is 0.392 e. The zero-order chi connectivity index (χ0) is 12.0. The van der Waals surface area contributed by atoms with Gasteiger partial charge in [-0.25, -0.2) is 8.42 Å². The van der Waals surface area contributed by atoms with E-state index < -0.39 is 9.84 Å². The summed E-state index contributed by atoms with van der Waals surface area (Å²) in [5.41, 5.74) is 0.581. The molecule has 0 radical (unpaired) electrons. The molecular formula is C12H14O3S. The smallest absolute Gasteiger partial charge is 0.200 e.